The maximum Gasteiger partial charge on any atom is 0.231 e. The van der Waals surface area contributed by atoms with Crippen LogP contribution in [0.1, 0.15) is 6.92 Å². The van der Waals surface area contributed by atoms with Gasteiger partial charge in [0, 0.05) is 28.6 Å². The third kappa shape index (κ3) is 3.63. The summed E-state index contributed by atoms with van der Waals surface area (Å²) in [6.45, 7) is 2.80. The number of nitrogens with two attached hydrogens (primary N) is 1. The van der Waals surface area contributed by atoms with Gasteiger partial charge in [-0.25, -0.2) is 4.98 Å². The van der Waals surface area contributed by atoms with E-state index in [-0.39, 0.29) is 0 Å². The van der Waals surface area contributed by atoms with Crippen LogP contribution in [0.2, 0.25) is 5.02 Å². The van der Waals surface area contributed by atoms with Crippen molar-refractivity contribution >= 4 is 51.6 Å². The van der Waals surface area contributed by atoms with Gasteiger partial charge >= 0.3 is 0 Å². The van der Waals surface area contributed by atoms with Crippen molar-refractivity contribution in [2.75, 3.05) is 16.4 Å². The smallest absolute Gasteiger partial charge is 0.231 e. The highest BCUT2D eigenvalue weighted by Crippen LogP contribution is 2.27. The summed E-state index contributed by atoms with van der Waals surface area (Å²) in [6.07, 6.45) is 1.76. The number of nitrogens with zero attached hydrogens (tertiary/aromatic N) is 4. The van der Waals surface area contributed by atoms with Crippen LogP contribution in [0.25, 0.3) is 11.2 Å². The lowest BCUT2D eigenvalue weighted by molar-refractivity contribution is 0.778. The molecular formula is C19H18ClN7. The van der Waals surface area contributed by atoms with Crippen molar-refractivity contribution in [1.29, 1.82) is 0 Å². The maximum absolute atomic E-state index is 6.09. The number of benzene rings is 2. The number of anilines is 5. The Morgan fingerprint density at radius 2 is 1.85 bits per heavy atom. The van der Waals surface area contributed by atoms with Crippen molar-refractivity contribution in [3.05, 3.63) is 59.9 Å². The topological polar surface area (TPSA) is 93.7 Å². The Morgan fingerprint density at radius 3 is 2.59 bits per heavy atom. The summed E-state index contributed by atoms with van der Waals surface area (Å²) in [6, 6.07) is 14.9. The van der Waals surface area contributed by atoms with Crippen LogP contribution in [0, 0.1) is 0 Å². The highest BCUT2D eigenvalue weighted by Gasteiger charge is 2.13. The van der Waals surface area contributed by atoms with Gasteiger partial charge in [-0.1, -0.05) is 17.7 Å². The standard InChI is InChI=1S/C19H18ClN7/c1-2-27-11-22-16-17(23-15-5-3-4-12(20)10-15)25-19(26-18(16)27)24-14-8-6-13(21)7-9-14/h3-11H,2,21H2,1H3,(H2,23,24,25,26). The number of nitrogen functional groups attached to an aromatic ring is 1. The molecule has 0 aliphatic carbocycles. The van der Waals surface area contributed by atoms with E-state index in [9.17, 15) is 0 Å². The summed E-state index contributed by atoms with van der Waals surface area (Å²) in [5.74, 6) is 1.07. The molecule has 27 heavy (non-hydrogen) atoms. The summed E-state index contributed by atoms with van der Waals surface area (Å²) in [5.41, 5.74) is 9.56. The van der Waals surface area contributed by atoms with Gasteiger partial charge in [-0.2, -0.15) is 9.97 Å². The van der Waals surface area contributed by atoms with Crippen LogP contribution >= 0.6 is 11.6 Å². The van der Waals surface area contributed by atoms with Gasteiger partial charge in [-0.15, -0.1) is 0 Å². The van der Waals surface area contributed by atoms with Crippen LogP contribution in [0.3, 0.4) is 0 Å². The molecule has 0 aliphatic heterocycles. The predicted molar refractivity (Wildman–Crippen MR) is 110 cm³/mol. The SMILES string of the molecule is CCn1cnc2c(Nc3cccc(Cl)c3)nc(Nc3ccc(N)cc3)nc21. The van der Waals surface area contributed by atoms with Gasteiger partial charge in [0.1, 0.15) is 0 Å². The molecule has 0 bridgehead atoms. The first-order chi connectivity index (χ1) is 13.1. The minimum atomic E-state index is 0.465. The summed E-state index contributed by atoms with van der Waals surface area (Å²) < 4.78 is 1.97. The molecule has 0 fully saturated rings. The molecule has 7 nitrogen and oxygen atoms in total. The third-order valence-electron chi connectivity index (χ3n) is 4.06. The van der Waals surface area contributed by atoms with Crippen molar-refractivity contribution in [1.82, 2.24) is 19.5 Å². The van der Waals surface area contributed by atoms with E-state index in [4.69, 9.17) is 17.3 Å². The first kappa shape index (κ1) is 17.1. The summed E-state index contributed by atoms with van der Waals surface area (Å²) in [5, 5.41) is 7.15. The van der Waals surface area contributed by atoms with Gasteiger partial charge in [-0.3, -0.25) is 0 Å². The summed E-state index contributed by atoms with van der Waals surface area (Å²) >= 11 is 6.09. The predicted octanol–water partition coefficient (Wildman–Crippen LogP) is 4.57. The van der Waals surface area contributed by atoms with Crippen LogP contribution in [0.4, 0.5) is 28.8 Å². The van der Waals surface area contributed by atoms with Crippen LogP contribution in [-0.4, -0.2) is 19.5 Å². The molecule has 0 unspecified atom stereocenters. The molecule has 4 rings (SSSR count). The number of imidazole rings is 1. The highest BCUT2D eigenvalue weighted by atomic mass is 35.5. The number of nitrogens with one attached hydrogen (secondary N) is 2. The van der Waals surface area contributed by atoms with Crippen LogP contribution in [0.5, 0.6) is 0 Å². The normalized spacial score (nSPS) is 10.9. The third-order valence-corrected chi connectivity index (χ3v) is 4.29. The zero-order valence-corrected chi connectivity index (χ0v) is 15.4. The van der Waals surface area contributed by atoms with Crippen LogP contribution in [-0.2, 0) is 6.54 Å². The Hall–Kier alpha value is -3.32. The van der Waals surface area contributed by atoms with E-state index < -0.39 is 0 Å². The monoisotopic (exact) mass is 379 g/mol. The molecule has 2 aromatic heterocycles. The number of aromatic nitrogens is 4. The van der Waals surface area contributed by atoms with Gasteiger partial charge in [0.05, 0.1) is 6.33 Å². The first-order valence-corrected chi connectivity index (χ1v) is 8.88. The fourth-order valence-electron chi connectivity index (χ4n) is 2.72. The Morgan fingerprint density at radius 1 is 1.04 bits per heavy atom. The number of hydrogen-bond acceptors (Lipinski definition) is 6. The molecule has 4 aromatic rings. The average Bonchev–Trinajstić information content (AvgIpc) is 3.07. The summed E-state index contributed by atoms with van der Waals surface area (Å²) in [7, 11) is 0. The number of fused-ring (bicyclic) bond motifs is 1. The minimum absolute atomic E-state index is 0.465. The van der Waals surface area contributed by atoms with E-state index >= 15 is 0 Å². The molecule has 0 saturated carbocycles. The Kier molecular flexibility index (Phi) is 4.52. The Labute approximate surface area is 161 Å². The molecule has 2 heterocycles. The van der Waals surface area contributed by atoms with Gasteiger partial charge in [0.25, 0.3) is 0 Å². The van der Waals surface area contributed by atoms with E-state index in [2.05, 4.69) is 25.6 Å². The van der Waals surface area contributed by atoms with Gasteiger partial charge in [-0.05, 0) is 49.4 Å². The maximum atomic E-state index is 6.09. The molecule has 0 aliphatic rings. The molecular weight excluding hydrogens is 362 g/mol. The molecule has 136 valence electrons. The first-order valence-electron chi connectivity index (χ1n) is 8.50. The van der Waals surface area contributed by atoms with Gasteiger partial charge in [0.15, 0.2) is 17.0 Å². The number of rotatable bonds is 5. The lowest BCUT2D eigenvalue weighted by Crippen LogP contribution is -2.04. The summed E-state index contributed by atoms with van der Waals surface area (Å²) in [4.78, 5) is 13.7. The second-order valence-corrected chi connectivity index (χ2v) is 6.42. The van der Waals surface area contributed by atoms with Crippen molar-refractivity contribution in [2.45, 2.75) is 13.5 Å². The lowest BCUT2D eigenvalue weighted by Gasteiger charge is -2.11. The van der Waals surface area contributed by atoms with Crippen LogP contribution in [0.15, 0.2) is 54.9 Å². The van der Waals surface area contributed by atoms with Crippen molar-refractivity contribution < 1.29 is 0 Å². The second-order valence-electron chi connectivity index (χ2n) is 5.98. The Bertz CT molecular complexity index is 1090. The van der Waals surface area contributed by atoms with Crippen molar-refractivity contribution in [3.63, 3.8) is 0 Å². The molecule has 8 heteroatoms. The fraction of sp³-hybridized carbons (Fsp3) is 0.105. The zero-order chi connectivity index (χ0) is 18.8. The van der Waals surface area contributed by atoms with E-state index in [1.54, 1.807) is 6.33 Å². The molecule has 4 N–H and O–H groups in total. The van der Waals surface area contributed by atoms with E-state index in [0.29, 0.717) is 28.0 Å². The molecule has 0 saturated heterocycles. The zero-order valence-electron chi connectivity index (χ0n) is 14.6. The average molecular weight is 380 g/mol. The van der Waals surface area contributed by atoms with E-state index in [0.717, 1.165) is 23.6 Å². The second kappa shape index (κ2) is 7.13. The van der Waals surface area contributed by atoms with Crippen molar-refractivity contribution in [3.8, 4) is 0 Å². The lowest BCUT2D eigenvalue weighted by atomic mass is 10.3. The van der Waals surface area contributed by atoms with Crippen LogP contribution < -0.4 is 16.4 Å². The minimum Gasteiger partial charge on any atom is -0.399 e. The molecule has 0 atom stereocenters. The quantitative estimate of drug-likeness (QED) is 0.440. The number of halogens is 1. The molecule has 0 radical (unpaired) electrons. The fourth-order valence-corrected chi connectivity index (χ4v) is 2.91. The molecule has 2 aromatic carbocycles. The highest BCUT2D eigenvalue weighted by molar-refractivity contribution is 6.30. The molecule has 0 amide bonds. The van der Waals surface area contributed by atoms with E-state index in [1.165, 1.54) is 0 Å². The van der Waals surface area contributed by atoms with E-state index in [1.807, 2.05) is 60.0 Å². The number of hydrogen-bond donors (Lipinski definition) is 3. The number of aryl methyl sites for hydroxylation is 1. The Balaban J connectivity index is 1.76. The van der Waals surface area contributed by atoms with Gasteiger partial charge in [0.2, 0.25) is 5.95 Å². The largest absolute Gasteiger partial charge is 0.399 e. The van der Waals surface area contributed by atoms with Crippen molar-refractivity contribution in [2.24, 2.45) is 0 Å². The molecule has 0 spiro atoms. The van der Waals surface area contributed by atoms with Gasteiger partial charge < -0.3 is 20.9 Å².